The molecule has 0 radical (unpaired) electrons. The summed E-state index contributed by atoms with van der Waals surface area (Å²) in [6.07, 6.45) is 4.21. The van der Waals surface area contributed by atoms with E-state index in [0.29, 0.717) is 16.9 Å². The number of thiophene rings is 1. The standard InChI is InChI=1S/C13H18ClN3OS/c1-10(5-8-17-7-2-6-16-17)15-9-11(18)12-3-4-13(14)19-12/h2-4,6-7,10-11,15,18H,5,8-9H2,1H3. The highest BCUT2D eigenvalue weighted by Crippen LogP contribution is 2.26. The van der Waals surface area contributed by atoms with Crippen LogP contribution in [0.2, 0.25) is 4.34 Å². The Kier molecular flexibility index (Phi) is 5.39. The van der Waals surface area contributed by atoms with Crippen molar-refractivity contribution in [2.45, 2.75) is 32.0 Å². The number of hydrogen-bond donors (Lipinski definition) is 2. The smallest absolute Gasteiger partial charge is 0.101 e. The summed E-state index contributed by atoms with van der Waals surface area (Å²) < 4.78 is 2.62. The zero-order valence-corrected chi connectivity index (χ0v) is 12.4. The van der Waals surface area contributed by atoms with Crippen molar-refractivity contribution in [3.8, 4) is 0 Å². The molecule has 0 saturated heterocycles. The normalized spacial score (nSPS) is 14.5. The minimum Gasteiger partial charge on any atom is -0.386 e. The van der Waals surface area contributed by atoms with Gasteiger partial charge in [0, 0.05) is 36.4 Å². The fraction of sp³-hybridized carbons (Fsp3) is 0.462. The summed E-state index contributed by atoms with van der Waals surface area (Å²) in [6, 6.07) is 5.93. The van der Waals surface area contributed by atoms with E-state index < -0.39 is 6.10 Å². The van der Waals surface area contributed by atoms with Crippen molar-refractivity contribution in [2.75, 3.05) is 6.54 Å². The van der Waals surface area contributed by atoms with Crippen molar-refractivity contribution in [2.24, 2.45) is 0 Å². The summed E-state index contributed by atoms with van der Waals surface area (Å²) in [7, 11) is 0. The molecule has 0 amide bonds. The van der Waals surface area contributed by atoms with E-state index in [2.05, 4.69) is 17.3 Å². The molecular weight excluding hydrogens is 282 g/mol. The van der Waals surface area contributed by atoms with Crippen LogP contribution in [-0.4, -0.2) is 27.5 Å². The maximum absolute atomic E-state index is 10.0. The second-order valence-corrected chi connectivity index (χ2v) is 6.27. The highest BCUT2D eigenvalue weighted by atomic mass is 35.5. The first kappa shape index (κ1) is 14.5. The quantitative estimate of drug-likeness (QED) is 0.826. The Morgan fingerprint density at radius 3 is 3.00 bits per heavy atom. The number of aromatic nitrogens is 2. The molecule has 2 atom stereocenters. The minimum absolute atomic E-state index is 0.328. The van der Waals surface area contributed by atoms with E-state index in [-0.39, 0.29) is 0 Å². The van der Waals surface area contributed by atoms with Gasteiger partial charge in [-0.15, -0.1) is 11.3 Å². The third-order valence-corrected chi connectivity index (χ3v) is 4.26. The second kappa shape index (κ2) is 7.05. The molecule has 6 heteroatoms. The predicted molar refractivity (Wildman–Crippen MR) is 78.6 cm³/mol. The molecule has 0 fully saturated rings. The lowest BCUT2D eigenvalue weighted by molar-refractivity contribution is 0.173. The van der Waals surface area contributed by atoms with E-state index in [1.807, 2.05) is 29.1 Å². The van der Waals surface area contributed by atoms with Crippen LogP contribution in [-0.2, 0) is 6.54 Å². The largest absolute Gasteiger partial charge is 0.386 e. The van der Waals surface area contributed by atoms with Crippen molar-refractivity contribution in [1.29, 1.82) is 0 Å². The Hall–Kier alpha value is -0.880. The van der Waals surface area contributed by atoms with Gasteiger partial charge < -0.3 is 10.4 Å². The molecule has 0 aliphatic carbocycles. The lowest BCUT2D eigenvalue weighted by atomic mass is 10.2. The van der Waals surface area contributed by atoms with Crippen LogP contribution in [0.3, 0.4) is 0 Å². The van der Waals surface area contributed by atoms with E-state index in [1.54, 1.807) is 6.20 Å². The van der Waals surface area contributed by atoms with Gasteiger partial charge in [0.15, 0.2) is 0 Å². The Labute approximate surface area is 122 Å². The summed E-state index contributed by atoms with van der Waals surface area (Å²) in [5, 5.41) is 17.5. The van der Waals surface area contributed by atoms with E-state index in [1.165, 1.54) is 11.3 Å². The van der Waals surface area contributed by atoms with Crippen LogP contribution < -0.4 is 5.32 Å². The number of aliphatic hydroxyl groups excluding tert-OH is 1. The first-order valence-electron chi connectivity index (χ1n) is 6.29. The fourth-order valence-electron chi connectivity index (χ4n) is 1.78. The van der Waals surface area contributed by atoms with E-state index in [0.717, 1.165) is 17.8 Å². The number of aryl methyl sites for hydroxylation is 1. The molecule has 0 aromatic carbocycles. The minimum atomic E-state index is -0.496. The van der Waals surface area contributed by atoms with Crippen LogP contribution in [0.5, 0.6) is 0 Å². The van der Waals surface area contributed by atoms with Crippen molar-refractivity contribution < 1.29 is 5.11 Å². The maximum Gasteiger partial charge on any atom is 0.101 e. The molecule has 0 aliphatic rings. The molecule has 2 unspecified atom stereocenters. The summed E-state index contributed by atoms with van der Waals surface area (Å²) in [5.41, 5.74) is 0. The molecule has 0 spiro atoms. The van der Waals surface area contributed by atoms with Gasteiger partial charge in [0.1, 0.15) is 6.10 Å². The average molecular weight is 300 g/mol. The van der Waals surface area contributed by atoms with Gasteiger partial charge in [-0.05, 0) is 31.5 Å². The fourth-order valence-corrected chi connectivity index (χ4v) is 2.83. The number of nitrogens with one attached hydrogen (secondary N) is 1. The molecule has 2 N–H and O–H groups in total. The van der Waals surface area contributed by atoms with Crippen molar-refractivity contribution >= 4 is 22.9 Å². The van der Waals surface area contributed by atoms with Gasteiger partial charge in [-0.2, -0.15) is 5.10 Å². The molecule has 0 bridgehead atoms. The van der Waals surface area contributed by atoms with Gasteiger partial charge in [-0.25, -0.2) is 0 Å². The SMILES string of the molecule is CC(CCn1cccn1)NCC(O)c1ccc(Cl)s1. The average Bonchev–Trinajstić information content (AvgIpc) is 3.04. The van der Waals surface area contributed by atoms with Crippen molar-refractivity contribution in [3.63, 3.8) is 0 Å². The van der Waals surface area contributed by atoms with Gasteiger partial charge >= 0.3 is 0 Å². The van der Waals surface area contributed by atoms with Gasteiger partial charge in [0.05, 0.1) is 4.34 Å². The van der Waals surface area contributed by atoms with Crippen molar-refractivity contribution in [3.05, 3.63) is 39.8 Å². The highest BCUT2D eigenvalue weighted by molar-refractivity contribution is 7.16. The van der Waals surface area contributed by atoms with Crippen LogP contribution in [0.4, 0.5) is 0 Å². The first-order valence-corrected chi connectivity index (χ1v) is 7.48. The Morgan fingerprint density at radius 1 is 1.53 bits per heavy atom. The van der Waals surface area contributed by atoms with Crippen LogP contribution in [0, 0.1) is 0 Å². The second-order valence-electron chi connectivity index (χ2n) is 4.52. The summed E-state index contributed by atoms with van der Waals surface area (Å²) >= 11 is 7.27. The van der Waals surface area contributed by atoms with Crippen LogP contribution in [0.25, 0.3) is 0 Å². The molecular formula is C13H18ClN3OS. The molecule has 0 aliphatic heterocycles. The van der Waals surface area contributed by atoms with Gasteiger partial charge in [0.25, 0.3) is 0 Å². The van der Waals surface area contributed by atoms with Gasteiger partial charge in [-0.3, -0.25) is 4.68 Å². The lowest BCUT2D eigenvalue weighted by Crippen LogP contribution is -2.31. The molecule has 0 saturated carbocycles. The molecule has 2 rings (SSSR count). The van der Waals surface area contributed by atoms with Crippen molar-refractivity contribution in [1.82, 2.24) is 15.1 Å². The molecule has 4 nitrogen and oxygen atoms in total. The number of aliphatic hydroxyl groups is 1. The molecule has 2 aromatic rings. The van der Waals surface area contributed by atoms with E-state index in [9.17, 15) is 5.11 Å². The Balaban J connectivity index is 1.69. The molecule has 2 heterocycles. The number of hydrogen-bond acceptors (Lipinski definition) is 4. The predicted octanol–water partition coefficient (Wildman–Crippen LogP) is 2.70. The molecule has 104 valence electrons. The zero-order chi connectivity index (χ0) is 13.7. The lowest BCUT2D eigenvalue weighted by Gasteiger charge is -2.16. The van der Waals surface area contributed by atoms with E-state index >= 15 is 0 Å². The topological polar surface area (TPSA) is 50.1 Å². The third-order valence-electron chi connectivity index (χ3n) is 2.93. The summed E-state index contributed by atoms with van der Waals surface area (Å²) in [4.78, 5) is 0.900. The van der Waals surface area contributed by atoms with Crippen LogP contribution >= 0.6 is 22.9 Å². The third kappa shape index (κ3) is 4.62. The summed E-state index contributed by atoms with van der Waals surface area (Å²) in [6.45, 7) is 3.52. The zero-order valence-electron chi connectivity index (χ0n) is 10.8. The Bertz CT molecular complexity index is 486. The summed E-state index contributed by atoms with van der Waals surface area (Å²) in [5.74, 6) is 0. The molecule has 2 aromatic heterocycles. The van der Waals surface area contributed by atoms with Crippen LogP contribution in [0.15, 0.2) is 30.6 Å². The molecule has 19 heavy (non-hydrogen) atoms. The maximum atomic E-state index is 10.0. The monoisotopic (exact) mass is 299 g/mol. The van der Waals surface area contributed by atoms with Crippen LogP contribution in [0.1, 0.15) is 24.3 Å². The number of halogens is 1. The highest BCUT2D eigenvalue weighted by Gasteiger charge is 2.11. The van der Waals surface area contributed by atoms with E-state index in [4.69, 9.17) is 11.6 Å². The van der Waals surface area contributed by atoms with Gasteiger partial charge in [-0.1, -0.05) is 11.6 Å². The first-order chi connectivity index (χ1) is 9.15. The van der Waals surface area contributed by atoms with Gasteiger partial charge in [0.2, 0.25) is 0 Å². The Morgan fingerprint density at radius 2 is 2.37 bits per heavy atom. The number of nitrogens with zero attached hydrogens (tertiary/aromatic N) is 2. The number of rotatable bonds is 7.